The first-order chi connectivity index (χ1) is 12.5. The van der Waals surface area contributed by atoms with Crippen LogP contribution in [0.15, 0.2) is 35.4 Å². The molecule has 1 fully saturated rings. The van der Waals surface area contributed by atoms with E-state index in [1.54, 1.807) is 18.2 Å². The van der Waals surface area contributed by atoms with Crippen LogP contribution in [0.4, 0.5) is 0 Å². The highest BCUT2D eigenvalue weighted by Gasteiger charge is 2.28. The van der Waals surface area contributed by atoms with Gasteiger partial charge in [-0.25, -0.2) is 13.1 Å². The average molecular weight is 374 g/mol. The van der Waals surface area contributed by atoms with Gasteiger partial charge in [-0.15, -0.1) is 0 Å². The van der Waals surface area contributed by atoms with Gasteiger partial charge in [-0.3, -0.25) is 9.89 Å². The zero-order valence-electron chi connectivity index (χ0n) is 14.4. The molecule has 1 saturated carbocycles. The molecule has 1 aromatic carbocycles. The molecule has 8 heteroatoms. The predicted octanol–water partition coefficient (Wildman–Crippen LogP) is 2.05. The Hall–Kier alpha value is -2.19. The Morgan fingerprint density at radius 1 is 1.15 bits per heavy atom. The van der Waals surface area contributed by atoms with Crippen LogP contribution >= 0.6 is 0 Å². The number of nitrogens with zero attached hydrogens (tertiary/aromatic N) is 1. The number of aryl methyl sites for hydroxylation is 1. The van der Waals surface area contributed by atoms with E-state index >= 15 is 0 Å². The number of carbonyl (C=O) groups is 1. The monoisotopic (exact) mass is 374 g/mol. The molecule has 0 aliphatic heterocycles. The first-order valence-electron chi connectivity index (χ1n) is 8.98. The van der Waals surface area contributed by atoms with Crippen LogP contribution < -0.4 is 10.0 Å². The summed E-state index contributed by atoms with van der Waals surface area (Å²) in [5.74, 6) is -0.238. The molecular formula is C18H22N4O3S. The molecule has 0 bridgehead atoms. The fourth-order valence-electron chi connectivity index (χ4n) is 3.85. The van der Waals surface area contributed by atoms with E-state index in [9.17, 15) is 13.2 Å². The molecular weight excluding hydrogens is 352 g/mol. The molecule has 26 heavy (non-hydrogen) atoms. The van der Waals surface area contributed by atoms with Gasteiger partial charge < -0.3 is 5.32 Å². The Bertz CT molecular complexity index is 903. The summed E-state index contributed by atoms with van der Waals surface area (Å²) in [7, 11) is -3.54. The van der Waals surface area contributed by atoms with Gasteiger partial charge in [0.25, 0.3) is 5.91 Å². The van der Waals surface area contributed by atoms with Crippen molar-refractivity contribution in [3.05, 3.63) is 47.3 Å². The van der Waals surface area contributed by atoms with E-state index in [0.29, 0.717) is 5.69 Å². The minimum Gasteiger partial charge on any atom is -0.344 e. The highest BCUT2D eigenvalue weighted by atomic mass is 32.2. The van der Waals surface area contributed by atoms with Crippen molar-refractivity contribution in [1.82, 2.24) is 20.2 Å². The van der Waals surface area contributed by atoms with Gasteiger partial charge in [0.15, 0.2) is 0 Å². The maximum atomic E-state index is 12.7. The van der Waals surface area contributed by atoms with Gasteiger partial charge in [0, 0.05) is 12.2 Å². The molecule has 1 unspecified atom stereocenters. The van der Waals surface area contributed by atoms with Crippen molar-refractivity contribution in [3.8, 4) is 0 Å². The number of benzene rings is 1. The van der Waals surface area contributed by atoms with E-state index in [0.717, 1.165) is 49.7 Å². The molecule has 1 amide bonds. The highest BCUT2D eigenvalue weighted by molar-refractivity contribution is 7.89. The molecule has 2 aliphatic carbocycles. The second-order valence-electron chi connectivity index (χ2n) is 7.00. The van der Waals surface area contributed by atoms with E-state index in [1.165, 1.54) is 6.20 Å². The molecule has 1 heterocycles. The van der Waals surface area contributed by atoms with Crippen molar-refractivity contribution < 1.29 is 13.2 Å². The summed E-state index contributed by atoms with van der Waals surface area (Å²) in [6.45, 7) is 0. The van der Waals surface area contributed by atoms with Crippen molar-refractivity contribution in [2.45, 2.75) is 55.5 Å². The lowest BCUT2D eigenvalue weighted by molar-refractivity contribution is 0.0931. The van der Waals surface area contributed by atoms with Gasteiger partial charge >= 0.3 is 0 Å². The quantitative estimate of drug-likeness (QED) is 0.745. The molecule has 1 aromatic heterocycles. The molecule has 2 aliphatic rings. The van der Waals surface area contributed by atoms with Crippen LogP contribution in [0.1, 0.15) is 59.8 Å². The molecule has 7 nitrogen and oxygen atoms in total. The number of hydrogen-bond donors (Lipinski definition) is 3. The second kappa shape index (κ2) is 6.85. The van der Waals surface area contributed by atoms with Crippen molar-refractivity contribution >= 4 is 15.9 Å². The fraction of sp³-hybridized carbons (Fsp3) is 0.444. The highest BCUT2D eigenvalue weighted by Crippen LogP contribution is 2.33. The Morgan fingerprint density at radius 3 is 2.69 bits per heavy atom. The second-order valence-corrected chi connectivity index (χ2v) is 8.71. The van der Waals surface area contributed by atoms with Gasteiger partial charge in [-0.1, -0.05) is 18.9 Å². The van der Waals surface area contributed by atoms with Crippen LogP contribution in [0.5, 0.6) is 0 Å². The lowest BCUT2D eigenvalue weighted by atomic mass is 10.1. The topological polar surface area (TPSA) is 104 Å². The number of hydrogen-bond acceptors (Lipinski definition) is 4. The molecule has 4 rings (SSSR count). The summed E-state index contributed by atoms with van der Waals surface area (Å²) in [4.78, 5) is 12.5. The summed E-state index contributed by atoms with van der Waals surface area (Å²) in [5.41, 5.74) is 2.36. The molecule has 0 saturated heterocycles. The van der Waals surface area contributed by atoms with E-state index in [1.807, 2.05) is 6.07 Å². The third kappa shape index (κ3) is 3.39. The van der Waals surface area contributed by atoms with Crippen LogP contribution in [0.3, 0.4) is 0 Å². The number of aromatic amines is 1. The third-order valence-electron chi connectivity index (χ3n) is 5.23. The van der Waals surface area contributed by atoms with Crippen molar-refractivity contribution in [2.24, 2.45) is 0 Å². The van der Waals surface area contributed by atoms with Crippen LogP contribution in [0, 0.1) is 0 Å². The smallest absolute Gasteiger partial charge is 0.269 e. The number of aromatic nitrogens is 2. The standard InChI is InChI=1S/C18H22N4O3S/c23-18(17-9-10-19-21-17)20-16-8-6-12-5-7-14(11-15(12)16)26(24,25)22-13-3-1-2-4-13/h5,7,9-11,13,16,22H,1-4,6,8H2,(H,19,21)(H,20,23). The van der Waals surface area contributed by atoms with E-state index in [-0.39, 0.29) is 22.9 Å². The first kappa shape index (κ1) is 17.2. The molecule has 1 atom stereocenters. The van der Waals surface area contributed by atoms with E-state index in [2.05, 4.69) is 20.2 Å². The van der Waals surface area contributed by atoms with Gasteiger partial charge in [0.2, 0.25) is 10.0 Å². The number of H-pyrrole nitrogens is 1. The van der Waals surface area contributed by atoms with Gasteiger partial charge in [-0.2, -0.15) is 5.10 Å². The summed E-state index contributed by atoms with van der Waals surface area (Å²) in [5, 5.41) is 9.39. The van der Waals surface area contributed by atoms with Crippen molar-refractivity contribution in [1.29, 1.82) is 0 Å². The minimum atomic E-state index is -3.54. The number of rotatable bonds is 5. The SMILES string of the molecule is O=C(NC1CCc2ccc(S(=O)(=O)NC3CCCC3)cc21)c1ccn[nH]1. The van der Waals surface area contributed by atoms with Crippen molar-refractivity contribution in [2.75, 3.05) is 0 Å². The minimum absolute atomic E-state index is 0.0316. The largest absolute Gasteiger partial charge is 0.344 e. The zero-order valence-corrected chi connectivity index (χ0v) is 15.2. The Balaban J connectivity index is 1.54. The summed E-state index contributed by atoms with van der Waals surface area (Å²) in [6.07, 6.45) is 7.03. The maximum Gasteiger partial charge on any atom is 0.269 e. The molecule has 2 aromatic rings. The van der Waals surface area contributed by atoms with Gasteiger partial charge in [-0.05, 0) is 55.0 Å². The molecule has 0 spiro atoms. The lowest BCUT2D eigenvalue weighted by Gasteiger charge is -2.16. The van der Waals surface area contributed by atoms with E-state index in [4.69, 9.17) is 0 Å². The molecule has 0 radical (unpaired) electrons. The predicted molar refractivity (Wildman–Crippen MR) is 96.1 cm³/mol. The number of carbonyl (C=O) groups excluding carboxylic acids is 1. The van der Waals surface area contributed by atoms with Crippen LogP contribution in [0.25, 0.3) is 0 Å². The Morgan fingerprint density at radius 2 is 1.96 bits per heavy atom. The van der Waals surface area contributed by atoms with Gasteiger partial charge in [0.05, 0.1) is 10.9 Å². The zero-order chi connectivity index (χ0) is 18.1. The summed E-state index contributed by atoms with van der Waals surface area (Å²) < 4.78 is 28.2. The van der Waals surface area contributed by atoms with Crippen molar-refractivity contribution in [3.63, 3.8) is 0 Å². The first-order valence-corrected chi connectivity index (χ1v) is 10.5. The third-order valence-corrected chi connectivity index (χ3v) is 6.75. The molecule has 3 N–H and O–H groups in total. The molecule has 138 valence electrons. The van der Waals surface area contributed by atoms with Gasteiger partial charge in [0.1, 0.15) is 5.69 Å². The van der Waals surface area contributed by atoms with Crippen LogP contribution in [-0.4, -0.2) is 30.6 Å². The average Bonchev–Trinajstić information content (AvgIpc) is 3.36. The summed E-state index contributed by atoms with van der Waals surface area (Å²) in [6, 6.07) is 6.68. The Kier molecular flexibility index (Phi) is 4.54. The number of nitrogens with one attached hydrogen (secondary N) is 3. The summed E-state index contributed by atoms with van der Waals surface area (Å²) >= 11 is 0. The Labute approximate surface area is 152 Å². The number of sulfonamides is 1. The van der Waals surface area contributed by atoms with Crippen LogP contribution in [0.2, 0.25) is 0 Å². The maximum absolute atomic E-state index is 12.7. The fourth-order valence-corrected chi connectivity index (χ4v) is 5.19. The lowest BCUT2D eigenvalue weighted by Crippen LogP contribution is -2.33. The normalized spacial score (nSPS) is 20.2. The van der Waals surface area contributed by atoms with Crippen LogP contribution in [-0.2, 0) is 16.4 Å². The van der Waals surface area contributed by atoms with E-state index < -0.39 is 10.0 Å². The number of amides is 1. The number of fused-ring (bicyclic) bond motifs is 1.